The Morgan fingerprint density at radius 3 is 2.00 bits per heavy atom. The largest absolute Gasteiger partial charge is 0.497 e. The second kappa shape index (κ2) is 6.51. The molecule has 4 nitrogen and oxygen atoms in total. The quantitative estimate of drug-likeness (QED) is 0.738. The van der Waals surface area contributed by atoms with Crippen molar-refractivity contribution in [2.75, 3.05) is 14.2 Å². The molecule has 0 aliphatic heterocycles. The van der Waals surface area contributed by atoms with Gasteiger partial charge in [0.2, 0.25) is 5.82 Å². The summed E-state index contributed by atoms with van der Waals surface area (Å²) in [7, 11) is 2.99. The fraction of sp³-hybridized carbons (Fsp3) is 0.167. The van der Waals surface area contributed by atoms with Gasteiger partial charge in [-0.1, -0.05) is 24.3 Å². The van der Waals surface area contributed by atoms with Crippen LogP contribution in [-0.2, 0) is 6.18 Å². The highest BCUT2D eigenvalue weighted by Crippen LogP contribution is 2.37. The maximum absolute atomic E-state index is 13.2. The average Bonchev–Trinajstić information content (AvgIpc) is 3.07. The summed E-state index contributed by atoms with van der Waals surface area (Å²) in [5.41, 5.74) is 1.52. The minimum Gasteiger partial charge on any atom is -0.497 e. The van der Waals surface area contributed by atoms with Gasteiger partial charge in [-0.15, -0.1) is 0 Å². The Balaban J connectivity index is 2.20. The van der Waals surface area contributed by atoms with E-state index >= 15 is 0 Å². The van der Waals surface area contributed by atoms with Gasteiger partial charge in [0.25, 0.3) is 0 Å². The van der Waals surface area contributed by atoms with Gasteiger partial charge < -0.3 is 14.5 Å². The van der Waals surface area contributed by atoms with Crippen molar-refractivity contribution in [2.45, 2.75) is 6.18 Å². The molecule has 2 aromatic carbocycles. The Hall–Kier alpha value is -2.96. The molecule has 0 bridgehead atoms. The number of benzene rings is 2. The fourth-order valence-corrected chi connectivity index (χ4v) is 2.47. The molecule has 0 fully saturated rings. The van der Waals surface area contributed by atoms with Gasteiger partial charge in [-0.25, -0.2) is 4.98 Å². The van der Waals surface area contributed by atoms with Gasteiger partial charge >= 0.3 is 6.18 Å². The standard InChI is InChI=1S/C18H15F3N2O2/c1-24-13-7-3-5-11(9-13)15-16(23-17(22-15)18(19,20)21)12-6-4-8-14(10-12)25-2/h3-10H,1-2H3,(H,22,23). The van der Waals surface area contributed by atoms with Crippen LogP contribution in [-0.4, -0.2) is 24.2 Å². The molecular weight excluding hydrogens is 333 g/mol. The number of alkyl halides is 3. The summed E-state index contributed by atoms with van der Waals surface area (Å²) < 4.78 is 49.8. The summed E-state index contributed by atoms with van der Waals surface area (Å²) in [6.45, 7) is 0. The molecule has 0 saturated carbocycles. The number of H-pyrrole nitrogens is 1. The smallest absolute Gasteiger partial charge is 0.449 e. The monoisotopic (exact) mass is 348 g/mol. The van der Waals surface area contributed by atoms with E-state index in [1.54, 1.807) is 48.5 Å². The van der Waals surface area contributed by atoms with Gasteiger partial charge in [0.05, 0.1) is 25.6 Å². The number of aromatic amines is 1. The fourth-order valence-electron chi connectivity index (χ4n) is 2.47. The van der Waals surface area contributed by atoms with Crippen molar-refractivity contribution in [3.63, 3.8) is 0 Å². The van der Waals surface area contributed by atoms with Crippen molar-refractivity contribution in [3.8, 4) is 34.0 Å². The molecule has 0 unspecified atom stereocenters. The van der Waals surface area contributed by atoms with Crippen LogP contribution in [0, 0.1) is 0 Å². The van der Waals surface area contributed by atoms with Gasteiger partial charge in [-0.2, -0.15) is 13.2 Å². The first-order valence-electron chi connectivity index (χ1n) is 7.38. The van der Waals surface area contributed by atoms with Crippen molar-refractivity contribution in [3.05, 3.63) is 54.4 Å². The molecule has 0 saturated heterocycles. The second-order valence-electron chi connectivity index (χ2n) is 5.27. The number of rotatable bonds is 4. The summed E-state index contributed by atoms with van der Waals surface area (Å²) in [5, 5.41) is 0. The zero-order valence-corrected chi connectivity index (χ0v) is 13.5. The molecular formula is C18H15F3N2O2. The predicted molar refractivity (Wildman–Crippen MR) is 87.6 cm³/mol. The molecule has 0 aliphatic carbocycles. The Kier molecular flexibility index (Phi) is 4.39. The third kappa shape index (κ3) is 3.45. The molecule has 0 spiro atoms. The predicted octanol–water partition coefficient (Wildman–Crippen LogP) is 4.78. The molecule has 1 N–H and O–H groups in total. The Morgan fingerprint density at radius 2 is 1.44 bits per heavy atom. The van der Waals surface area contributed by atoms with Gasteiger partial charge in [0.15, 0.2) is 0 Å². The van der Waals surface area contributed by atoms with E-state index in [0.717, 1.165) is 0 Å². The number of hydrogen-bond acceptors (Lipinski definition) is 3. The lowest BCUT2D eigenvalue weighted by Crippen LogP contribution is -2.07. The van der Waals surface area contributed by atoms with Gasteiger partial charge in [0, 0.05) is 11.1 Å². The molecule has 7 heteroatoms. The molecule has 0 radical (unpaired) electrons. The van der Waals surface area contributed by atoms with Crippen LogP contribution >= 0.6 is 0 Å². The van der Waals surface area contributed by atoms with Crippen LogP contribution in [0.15, 0.2) is 48.5 Å². The summed E-state index contributed by atoms with van der Waals surface area (Å²) in [6.07, 6.45) is -4.58. The summed E-state index contributed by atoms with van der Waals surface area (Å²) in [6, 6.07) is 13.5. The number of ether oxygens (including phenoxy) is 2. The Labute approximate surface area is 142 Å². The Bertz CT molecular complexity index is 823. The molecule has 25 heavy (non-hydrogen) atoms. The molecule has 1 heterocycles. The molecule has 0 amide bonds. The zero-order valence-electron chi connectivity index (χ0n) is 13.5. The van der Waals surface area contributed by atoms with Crippen LogP contribution in [0.4, 0.5) is 13.2 Å². The van der Waals surface area contributed by atoms with Crippen LogP contribution < -0.4 is 9.47 Å². The van der Waals surface area contributed by atoms with Gasteiger partial charge in [0.1, 0.15) is 11.5 Å². The number of hydrogen-bond donors (Lipinski definition) is 1. The van der Waals surface area contributed by atoms with Crippen LogP contribution in [0.25, 0.3) is 22.5 Å². The second-order valence-corrected chi connectivity index (χ2v) is 5.27. The van der Waals surface area contributed by atoms with E-state index < -0.39 is 12.0 Å². The van der Waals surface area contributed by atoms with Crippen molar-refractivity contribution >= 4 is 0 Å². The van der Waals surface area contributed by atoms with E-state index in [9.17, 15) is 13.2 Å². The first kappa shape index (κ1) is 16.9. The summed E-state index contributed by atoms with van der Waals surface area (Å²) in [5.74, 6) is 0.0195. The molecule has 3 aromatic rings. The van der Waals surface area contributed by atoms with Crippen LogP contribution in [0.2, 0.25) is 0 Å². The minimum absolute atomic E-state index is 0.194. The zero-order chi connectivity index (χ0) is 18.0. The first-order chi connectivity index (χ1) is 11.9. The van der Waals surface area contributed by atoms with Crippen molar-refractivity contribution in [2.24, 2.45) is 0 Å². The number of nitrogens with zero attached hydrogens (tertiary/aromatic N) is 1. The first-order valence-corrected chi connectivity index (χ1v) is 7.38. The lowest BCUT2D eigenvalue weighted by atomic mass is 10.0. The average molecular weight is 348 g/mol. The lowest BCUT2D eigenvalue weighted by Gasteiger charge is -2.07. The van der Waals surface area contributed by atoms with Crippen LogP contribution in [0.3, 0.4) is 0 Å². The third-order valence-electron chi connectivity index (χ3n) is 3.67. The van der Waals surface area contributed by atoms with Gasteiger partial charge in [-0.05, 0) is 24.3 Å². The highest BCUT2D eigenvalue weighted by atomic mass is 19.4. The van der Waals surface area contributed by atoms with E-state index in [2.05, 4.69) is 9.97 Å². The third-order valence-corrected chi connectivity index (χ3v) is 3.67. The summed E-state index contributed by atoms with van der Waals surface area (Å²) in [4.78, 5) is 6.17. The molecule has 130 valence electrons. The van der Waals surface area contributed by atoms with Crippen molar-refractivity contribution < 1.29 is 22.6 Å². The highest BCUT2D eigenvalue weighted by molar-refractivity contribution is 5.79. The molecule has 1 aromatic heterocycles. The van der Waals surface area contributed by atoms with E-state index in [4.69, 9.17) is 9.47 Å². The number of imidazole rings is 1. The SMILES string of the molecule is COc1cccc(-c2nc(C(F)(F)F)[nH]c2-c2cccc(OC)c2)c1. The number of halogens is 3. The maximum atomic E-state index is 13.2. The highest BCUT2D eigenvalue weighted by Gasteiger charge is 2.36. The van der Waals surface area contributed by atoms with Crippen LogP contribution in [0.5, 0.6) is 11.5 Å². The van der Waals surface area contributed by atoms with Crippen molar-refractivity contribution in [1.29, 1.82) is 0 Å². The Morgan fingerprint density at radius 1 is 0.880 bits per heavy atom. The normalized spacial score (nSPS) is 11.4. The van der Waals surface area contributed by atoms with E-state index in [1.807, 2.05) is 0 Å². The van der Waals surface area contributed by atoms with Crippen molar-refractivity contribution in [1.82, 2.24) is 9.97 Å². The van der Waals surface area contributed by atoms with E-state index in [-0.39, 0.29) is 11.4 Å². The number of methoxy groups -OCH3 is 2. The van der Waals surface area contributed by atoms with Gasteiger partial charge in [-0.3, -0.25) is 0 Å². The van der Waals surface area contributed by atoms with Crippen LogP contribution in [0.1, 0.15) is 5.82 Å². The summed E-state index contributed by atoms with van der Waals surface area (Å²) >= 11 is 0. The molecule has 0 aliphatic rings. The van der Waals surface area contributed by atoms with E-state index in [0.29, 0.717) is 22.6 Å². The number of nitrogens with one attached hydrogen (secondary N) is 1. The minimum atomic E-state index is -4.58. The topological polar surface area (TPSA) is 47.1 Å². The number of aromatic nitrogens is 2. The molecule has 3 rings (SSSR count). The lowest BCUT2D eigenvalue weighted by molar-refractivity contribution is -0.144. The molecule has 0 atom stereocenters. The van der Waals surface area contributed by atoms with E-state index in [1.165, 1.54) is 14.2 Å². The maximum Gasteiger partial charge on any atom is 0.449 e.